The van der Waals surface area contributed by atoms with Crippen LogP contribution in [0.2, 0.25) is 0 Å². The van der Waals surface area contributed by atoms with Gasteiger partial charge in [-0.25, -0.2) is 4.98 Å². The zero-order valence-electron chi connectivity index (χ0n) is 18.5. The van der Waals surface area contributed by atoms with Gasteiger partial charge in [-0.2, -0.15) is 0 Å². The lowest BCUT2D eigenvalue weighted by molar-refractivity contribution is -0.151. The molecule has 0 spiro atoms. The van der Waals surface area contributed by atoms with Crippen LogP contribution in [0.3, 0.4) is 0 Å². The maximum Gasteiger partial charge on any atom is 0.309 e. The number of piperazine rings is 1. The van der Waals surface area contributed by atoms with Crippen LogP contribution in [0.1, 0.15) is 43.7 Å². The first-order chi connectivity index (χ1) is 15.0. The van der Waals surface area contributed by atoms with E-state index in [4.69, 9.17) is 9.72 Å². The fourth-order valence-corrected chi connectivity index (χ4v) is 6.01. The van der Waals surface area contributed by atoms with Crippen LogP contribution < -0.4 is 4.90 Å². The monoisotopic (exact) mass is 448 g/mol. The number of ether oxygens (including phenoxy) is 1. The van der Waals surface area contributed by atoms with Crippen LogP contribution >= 0.6 is 11.3 Å². The first-order valence-electron chi connectivity index (χ1n) is 11.4. The van der Waals surface area contributed by atoms with Gasteiger partial charge in [0.15, 0.2) is 5.13 Å². The SMILES string of the molecule is CCOC(=O)C1CCN(C(=O)[C@@H]2CCc3nc(N4CCN(C(C)=O)CC4)sc3C2)CC1. The molecule has 3 aliphatic rings. The molecule has 4 rings (SSSR count). The number of amides is 2. The lowest BCUT2D eigenvalue weighted by Gasteiger charge is -2.34. The van der Waals surface area contributed by atoms with Gasteiger partial charge in [-0.1, -0.05) is 0 Å². The standard InChI is InChI=1S/C22H32N4O4S/c1-3-30-21(29)16-6-8-25(9-7-16)20(28)17-4-5-18-19(14-17)31-22(23-18)26-12-10-24(11-13-26)15(2)27/h16-17H,3-14H2,1-2H3/t17-/m1/s1. The van der Waals surface area contributed by atoms with Crippen molar-refractivity contribution in [2.24, 2.45) is 11.8 Å². The Balaban J connectivity index is 1.32. The molecule has 0 aromatic carbocycles. The van der Waals surface area contributed by atoms with Crippen LogP contribution in [0, 0.1) is 11.8 Å². The zero-order chi connectivity index (χ0) is 22.0. The van der Waals surface area contributed by atoms with Crippen LogP contribution in [0.25, 0.3) is 0 Å². The average Bonchev–Trinajstić information content (AvgIpc) is 3.22. The molecule has 2 amide bonds. The van der Waals surface area contributed by atoms with Crippen molar-refractivity contribution >= 4 is 34.3 Å². The number of nitrogens with zero attached hydrogens (tertiary/aromatic N) is 4. The number of carbonyl (C=O) groups excluding carboxylic acids is 3. The molecule has 1 atom stereocenters. The van der Waals surface area contributed by atoms with E-state index in [-0.39, 0.29) is 29.6 Å². The third-order valence-corrected chi connectivity index (χ3v) is 7.88. The van der Waals surface area contributed by atoms with Crippen LogP contribution in [-0.2, 0) is 32.0 Å². The maximum atomic E-state index is 13.1. The molecule has 2 saturated heterocycles. The fourth-order valence-electron chi connectivity index (χ4n) is 4.77. The Morgan fingerprint density at radius 2 is 1.71 bits per heavy atom. The molecule has 8 nitrogen and oxygen atoms in total. The summed E-state index contributed by atoms with van der Waals surface area (Å²) in [4.78, 5) is 48.8. The highest BCUT2D eigenvalue weighted by atomic mass is 32.1. The number of hydrogen-bond donors (Lipinski definition) is 0. The Kier molecular flexibility index (Phi) is 6.79. The van der Waals surface area contributed by atoms with E-state index in [1.807, 2.05) is 16.7 Å². The number of anilines is 1. The Morgan fingerprint density at radius 1 is 1.00 bits per heavy atom. The van der Waals surface area contributed by atoms with E-state index in [0.29, 0.717) is 32.5 Å². The second kappa shape index (κ2) is 9.54. The van der Waals surface area contributed by atoms with E-state index in [2.05, 4.69) is 4.90 Å². The second-order valence-electron chi connectivity index (χ2n) is 8.65. The van der Waals surface area contributed by atoms with Crippen molar-refractivity contribution in [1.82, 2.24) is 14.8 Å². The van der Waals surface area contributed by atoms with Gasteiger partial charge in [0.1, 0.15) is 0 Å². The van der Waals surface area contributed by atoms with Gasteiger partial charge >= 0.3 is 5.97 Å². The van der Waals surface area contributed by atoms with Crippen LogP contribution in [0.4, 0.5) is 5.13 Å². The maximum absolute atomic E-state index is 13.1. The van der Waals surface area contributed by atoms with Crippen molar-refractivity contribution in [1.29, 1.82) is 0 Å². The van der Waals surface area contributed by atoms with E-state index >= 15 is 0 Å². The minimum atomic E-state index is -0.127. The summed E-state index contributed by atoms with van der Waals surface area (Å²) in [6.07, 6.45) is 3.83. The van der Waals surface area contributed by atoms with Gasteiger partial charge in [-0.05, 0) is 39.0 Å². The van der Waals surface area contributed by atoms with E-state index in [0.717, 1.165) is 56.3 Å². The molecule has 0 saturated carbocycles. The Hall–Kier alpha value is -2.16. The predicted molar refractivity (Wildman–Crippen MR) is 118 cm³/mol. The van der Waals surface area contributed by atoms with E-state index in [1.54, 1.807) is 18.3 Å². The molecule has 0 unspecified atom stereocenters. The fraction of sp³-hybridized carbons (Fsp3) is 0.727. The third kappa shape index (κ3) is 4.86. The third-order valence-electron chi connectivity index (χ3n) is 6.70. The van der Waals surface area contributed by atoms with Crippen molar-refractivity contribution in [3.05, 3.63) is 10.6 Å². The highest BCUT2D eigenvalue weighted by Crippen LogP contribution is 2.35. The molecule has 1 aliphatic carbocycles. The Morgan fingerprint density at radius 3 is 2.35 bits per heavy atom. The first kappa shape index (κ1) is 22.0. The predicted octanol–water partition coefficient (Wildman–Crippen LogP) is 1.72. The quantitative estimate of drug-likeness (QED) is 0.653. The van der Waals surface area contributed by atoms with Crippen molar-refractivity contribution in [3.8, 4) is 0 Å². The minimum absolute atomic E-state index is 0.00880. The normalized spacial score (nSPS) is 22.3. The topological polar surface area (TPSA) is 83.1 Å². The largest absolute Gasteiger partial charge is 0.466 e. The van der Waals surface area contributed by atoms with Gasteiger partial charge in [0.2, 0.25) is 11.8 Å². The van der Waals surface area contributed by atoms with Crippen molar-refractivity contribution in [2.45, 2.75) is 46.0 Å². The summed E-state index contributed by atoms with van der Waals surface area (Å²) in [5.74, 6) is 0.158. The lowest BCUT2D eigenvalue weighted by atomic mass is 9.88. The lowest BCUT2D eigenvalue weighted by Crippen LogP contribution is -2.48. The number of aromatic nitrogens is 1. The number of piperidine rings is 1. The highest BCUT2D eigenvalue weighted by molar-refractivity contribution is 7.15. The molecular formula is C22H32N4O4S. The average molecular weight is 449 g/mol. The summed E-state index contributed by atoms with van der Waals surface area (Å²) in [6.45, 7) is 8.23. The Labute approximate surface area is 187 Å². The number of carbonyl (C=O) groups is 3. The highest BCUT2D eigenvalue weighted by Gasteiger charge is 2.34. The smallest absolute Gasteiger partial charge is 0.309 e. The molecule has 0 bridgehead atoms. The number of rotatable bonds is 4. The molecule has 3 heterocycles. The van der Waals surface area contributed by atoms with Gasteiger partial charge in [-0.15, -0.1) is 11.3 Å². The van der Waals surface area contributed by atoms with Gasteiger partial charge < -0.3 is 19.4 Å². The summed E-state index contributed by atoms with van der Waals surface area (Å²) in [7, 11) is 0. The summed E-state index contributed by atoms with van der Waals surface area (Å²) in [5.41, 5.74) is 1.14. The molecule has 2 fully saturated rings. The van der Waals surface area contributed by atoms with Gasteiger partial charge in [0.25, 0.3) is 0 Å². The van der Waals surface area contributed by atoms with Crippen molar-refractivity contribution in [3.63, 3.8) is 0 Å². The van der Waals surface area contributed by atoms with E-state index < -0.39 is 0 Å². The second-order valence-corrected chi connectivity index (χ2v) is 9.71. The molecule has 2 aliphatic heterocycles. The minimum Gasteiger partial charge on any atom is -0.466 e. The molecule has 1 aromatic rings. The zero-order valence-corrected chi connectivity index (χ0v) is 19.3. The first-order valence-corrected chi connectivity index (χ1v) is 12.2. The Bertz CT molecular complexity index is 825. The van der Waals surface area contributed by atoms with Crippen LogP contribution in [0.15, 0.2) is 0 Å². The molecule has 9 heteroatoms. The van der Waals surface area contributed by atoms with Crippen LogP contribution in [0.5, 0.6) is 0 Å². The van der Waals surface area contributed by atoms with Crippen molar-refractivity contribution in [2.75, 3.05) is 50.8 Å². The molecule has 0 N–H and O–H groups in total. The van der Waals surface area contributed by atoms with Gasteiger partial charge in [0, 0.05) is 57.0 Å². The van der Waals surface area contributed by atoms with E-state index in [1.165, 1.54) is 4.88 Å². The molecular weight excluding hydrogens is 416 g/mol. The summed E-state index contributed by atoms with van der Waals surface area (Å²) in [6, 6.07) is 0. The van der Waals surface area contributed by atoms with Crippen molar-refractivity contribution < 1.29 is 19.1 Å². The number of esters is 1. The van der Waals surface area contributed by atoms with Crippen LogP contribution in [-0.4, -0.2) is 78.4 Å². The molecule has 170 valence electrons. The number of fused-ring (bicyclic) bond motifs is 1. The van der Waals surface area contributed by atoms with Gasteiger partial charge in [0.05, 0.1) is 18.2 Å². The molecule has 31 heavy (non-hydrogen) atoms. The summed E-state index contributed by atoms with van der Waals surface area (Å²) in [5, 5.41) is 1.02. The molecule has 1 aromatic heterocycles. The molecule has 0 radical (unpaired) electrons. The van der Waals surface area contributed by atoms with E-state index in [9.17, 15) is 14.4 Å². The summed E-state index contributed by atoms with van der Waals surface area (Å²) < 4.78 is 5.13. The number of aryl methyl sites for hydroxylation is 1. The number of likely N-dealkylation sites (tertiary alicyclic amines) is 1. The number of thiazole rings is 1. The van der Waals surface area contributed by atoms with Gasteiger partial charge in [-0.3, -0.25) is 14.4 Å². The summed E-state index contributed by atoms with van der Waals surface area (Å²) >= 11 is 1.71. The number of hydrogen-bond acceptors (Lipinski definition) is 7.